The van der Waals surface area contributed by atoms with E-state index in [9.17, 15) is 9.90 Å². The van der Waals surface area contributed by atoms with Crippen molar-refractivity contribution >= 4 is 5.91 Å². The quantitative estimate of drug-likeness (QED) is 0.532. The summed E-state index contributed by atoms with van der Waals surface area (Å²) >= 11 is 0. The van der Waals surface area contributed by atoms with Gasteiger partial charge < -0.3 is 15.9 Å². The number of carbonyl (C=O) groups excluding carboxylic acids is 1. The Balaban J connectivity index is 3.37. The van der Waals surface area contributed by atoms with Crippen LogP contribution in [0.2, 0.25) is 0 Å². The number of nitrogens with two attached hydrogens (primary N) is 1. The average molecular weight is 167 g/mol. The summed E-state index contributed by atoms with van der Waals surface area (Å²) in [6.45, 7) is 1.57. The van der Waals surface area contributed by atoms with Crippen LogP contribution in [0.25, 0.3) is 0 Å². The molecule has 0 bridgehead atoms. The second kappa shape index (κ2) is 2.73. The largest absolute Gasteiger partial charge is 0.508 e. The molecule has 0 saturated carbocycles. The molecule has 0 spiro atoms. The number of phenolic OH excluding ortho intramolecular Hbond substituents is 1. The molecule has 64 valence electrons. The normalized spacial score (nSPS) is 9.75. The third-order valence-electron chi connectivity index (χ3n) is 1.55. The number of benzene rings is 1. The summed E-state index contributed by atoms with van der Waals surface area (Å²) in [5, 5.41) is 18.3. The number of amides is 1. The van der Waals surface area contributed by atoms with Crippen molar-refractivity contribution in [3.63, 3.8) is 0 Å². The lowest BCUT2D eigenvalue weighted by atomic mass is 10.1. The van der Waals surface area contributed by atoms with E-state index in [0.29, 0.717) is 5.56 Å². The van der Waals surface area contributed by atoms with Gasteiger partial charge in [-0.3, -0.25) is 4.79 Å². The first-order chi connectivity index (χ1) is 5.52. The third-order valence-corrected chi connectivity index (χ3v) is 1.55. The first kappa shape index (κ1) is 8.39. The minimum atomic E-state index is -0.758. The molecule has 0 aromatic heterocycles. The number of aryl methyl sites for hydroxylation is 1. The van der Waals surface area contributed by atoms with E-state index in [1.807, 2.05) is 0 Å². The molecule has 0 aliphatic carbocycles. The first-order valence-corrected chi connectivity index (χ1v) is 3.34. The molecule has 4 nitrogen and oxygen atoms in total. The molecule has 0 aliphatic heterocycles. The Kier molecular flexibility index (Phi) is 1.91. The molecule has 1 rings (SSSR count). The lowest BCUT2D eigenvalue weighted by Crippen LogP contribution is -2.11. The summed E-state index contributed by atoms with van der Waals surface area (Å²) in [6, 6.07) is 2.48. The second-order valence-electron chi connectivity index (χ2n) is 2.52. The minimum Gasteiger partial charge on any atom is -0.508 e. The zero-order chi connectivity index (χ0) is 9.30. The number of hydrogen-bond acceptors (Lipinski definition) is 3. The van der Waals surface area contributed by atoms with Gasteiger partial charge in [-0.05, 0) is 24.6 Å². The van der Waals surface area contributed by atoms with Gasteiger partial charge in [0.15, 0.2) is 0 Å². The Labute approximate surface area is 69.3 Å². The van der Waals surface area contributed by atoms with Crippen LogP contribution >= 0.6 is 0 Å². The van der Waals surface area contributed by atoms with Crippen molar-refractivity contribution in [2.24, 2.45) is 5.73 Å². The van der Waals surface area contributed by atoms with Crippen molar-refractivity contribution in [3.05, 3.63) is 23.3 Å². The maximum Gasteiger partial charge on any atom is 0.252 e. The molecular formula is C8H9NO3. The fraction of sp³-hybridized carbons (Fsp3) is 0.125. The number of phenols is 2. The first-order valence-electron chi connectivity index (χ1n) is 3.34. The molecule has 4 heteroatoms. The van der Waals surface area contributed by atoms with Gasteiger partial charge >= 0.3 is 0 Å². The summed E-state index contributed by atoms with van der Waals surface area (Å²) in [7, 11) is 0. The van der Waals surface area contributed by atoms with E-state index in [-0.39, 0.29) is 17.1 Å². The maximum atomic E-state index is 10.7. The molecule has 0 saturated heterocycles. The van der Waals surface area contributed by atoms with Crippen molar-refractivity contribution in [1.29, 1.82) is 0 Å². The summed E-state index contributed by atoms with van der Waals surface area (Å²) in [6.07, 6.45) is 0. The summed E-state index contributed by atoms with van der Waals surface area (Å²) in [5.74, 6) is -1.02. The molecule has 1 aromatic rings. The Morgan fingerprint density at radius 2 is 2.00 bits per heavy atom. The van der Waals surface area contributed by atoms with Crippen LogP contribution in [0, 0.1) is 6.92 Å². The Bertz CT molecular complexity index is 333. The number of aromatic hydroxyl groups is 2. The highest BCUT2D eigenvalue weighted by Gasteiger charge is 2.10. The lowest BCUT2D eigenvalue weighted by Gasteiger charge is -2.03. The predicted octanol–water partition coefficient (Wildman–Crippen LogP) is 0.505. The number of carbonyl (C=O) groups is 1. The third kappa shape index (κ3) is 1.32. The van der Waals surface area contributed by atoms with Crippen LogP contribution in [0.15, 0.2) is 12.1 Å². The van der Waals surface area contributed by atoms with Crippen LogP contribution in [0.5, 0.6) is 11.5 Å². The smallest absolute Gasteiger partial charge is 0.252 e. The van der Waals surface area contributed by atoms with Gasteiger partial charge in [0, 0.05) is 0 Å². The molecule has 1 aromatic carbocycles. The second-order valence-corrected chi connectivity index (χ2v) is 2.52. The van der Waals surface area contributed by atoms with Crippen LogP contribution in [0.1, 0.15) is 15.9 Å². The van der Waals surface area contributed by atoms with E-state index in [0.717, 1.165) is 6.07 Å². The number of hydrogen-bond donors (Lipinski definition) is 3. The van der Waals surface area contributed by atoms with Crippen LogP contribution < -0.4 is 5.73 Å². The van der Waals surface area contributed by atoms with Gasteiger partial charge in [-0.25, -0.2) is 0 Å². The molecule has 4 N–H and O–H groups in total. The van der Waals surface area contributed by atoms with Crippen molar-refractivity contribution in [1.82, 2.24) is 0 Å². The van der Waals surface area contributed by atoms with Gasteiger partial charge in [0.2, 0.25) is 0 Å². The molecule has 0 atom stereocenters. The molecule has 0 aliphatic rings. The van der Waals surface area contributed by atoms with Crippen LogP contribution in [-0.4, -0.2) is 16.1 Å². The van der Waals surface area contributed by atoms with Gasteiger partial charge in [0.25, 0.3) is 5.91 Å². The van der Waals surface area contributed by atoms with Crippen LogP contribution in [0.3, 0.4) is 0 Å². The van der Waals surface area contributed by atoms with E-state index >= 15 is 0 Å². The van der Waals surface area contributed by atoms with E-state index in [4.69, 9.17) is 10.8 Å². The van der Waals surface area contributed by atoms with E-state index in [1.54, 1.807) is 6.92 Å². The molecule has 1 amide bonds. The fourth-order valence-electron chi connectivity index (χ4n) is 0.948. The molecular weight excluding hydrogens is 158 g/mol. The van der Waals surface area contributed by atoms with Crippen molar-refractivity contribution in [2.75, 3.05) is 0 Å². The highest BCUT2D eigenvalue weighted by Crippen LogP contribution is 2.26. The minimum absolute atomic E-state index is 0.0625. The monoisotopic (exact) mass is 167 g/mol. The number of primary amides is 1. The Morgan fingerprint density at radius 3 is 2.50 bits per heavy atom. The highest BCUT2D eigenvalue weighted by molar-refractivity contribution is 5.96. The standard InChI is InChI=1S/C8H9NO3/c1-4-2-5(10)3-6(7(4)11)8(9)12/h2-3,10-11H,1H3,(H2,9,12). The Hall–Kier alpha value is -1.71. The van der Waals surface area contributed by atoms with E-state index in [1.165, 1.54) is 6.07 Å². The summed E-state index contributed by atoms with van der Waals surface area (Å²) in [5.41, 5.74) is 5.30. The maximum absolute atomic E-state index is 10.7. The van der Waals surface area contributed by atoms with Crippen LogP contribution in [-0.2, 0) is 0 Å². The molecule has 0 heterocycles. The topological polar surface area (TPSA) is 83.5 Å². The van der Waals surface area contributed by atoms with Gasteiger partial charge in [-0.15, -0.1) is 0 Å². The predicted molar refractivity (Wildman–Crippen MR) is 43.0 cm³/mol. The fourth-order valence-corrected chi connectivity index (χ4v) is 0.948. The molecule has 0 radical (unpaired) electrons. The zero-order valence-electron chi connectivity index (χ0n) is 6.53. The van der Waals surface area contributed by atoms with Crippen molar-refractivity contribution in [3.8, 4) is 11.5 Å². The molecule has 0 fully saturated rings. The SMILES string of the molecule is Cc1cc(O)cc(C(N)=O)c1O. The van der Waals surface area contributed by atoms with Gasteiger partial charge in [0.1, 0.15) is 11.5 Å². The summed E-state index contributed by atoms with van der Waals surface area (Å²) < 4.78 is 0. The molecule has 12 heavy (non-hydrogen) atoms. The number of rotatable bonds is 1. The van der Waals surface area contributed by atoms with Gasteiger partial charge in [-0.2, -0.15) is 0 Å². The van der Waals surface area contributed by atoms with Gasteiger partial charge in [0.05, 0.1) is 5.56 Å². The van der Waals surface area contributed by atoms with Crippen LogP contribution in [0.4, 0.5) is 0 Å². The lowest BCUT2D eigenvalue weighted by molar-refractivity contribution is 0.0997. The van der Waals surface area contributed by atoms with E-state index in [2.05, 4.69) is 0 Å². The van der Waals surface area contributed by atoms with E-state index < -0.39 is 5.91 Å². The Morgan fingerprint density at radius 1 is 1.42 bits per heavy atom. The molecule has 0 unspecified atom stereocenters. The zero-order valence-corrected chi connectivity index (χ0v) is 6.53. The van der Waals surface area contributed by atoms with Gasteiger partial charge in [-0.1, -0.05) is 0 Å². The van der Waals surface area contributed by atoms with Crippen molar-refractivity contribution in [2.45, 2.75) is 6.92 Å². The highest BCUT2D eigenvalue weighted by atomic mass is 16.3. The average Bonchev–Trinajstić information content (AvgIpc) is 1.96. The summed E-state index contributed by atoms with van der Waals surface area (Å²) in [4.78, 5) is 10.7. The van der Waals surface area contributed by atoms with Crippen molar-refractivity contribution < 1.29 is 15.0 Å².